The first-order valence-corrected chi connectivity index (χ1v) is 6.38. The Labute approximate surface area is 111 Å². The lowest BCUT2D eigenvalue weighted by atomic mass is 10.2. The molecule has 5 heteroatoms. The fourth-order valence-electron chi connectivity index (χ4n) is 2.19. The van der Waals surface area contributed by atoms with E-state index in [-0.39, 0.29) is 0 Å². The summed E-state index contributed by atoms with van der Waals surface area (Å²) in [5.41, 5.74) is 4.25. The van der Waals surface area contributed by atoms with E-state index in [2.05, 4.69) is 52.1 Å². The summed E-state index contributed by atoms with van der Waals surface area (Å²) >= 11 is 0. The minimum absolute atomic E-state index is 0.610. The van der Waals surface area contributed by atoms with E-state index in [0.29, 0.717) is 6.54 Å². The molecule has 5 nitrogen and oxygen atoms in total. The lowest BCUT2D eigenvalue weighted by molar-refractivity contribution is 0.412. The summed E-state index contributed by atoms with van der Waals surface area (Å²) in [5, 5.41) is 7.19. The van der Waals surface area contributed by atoms with E-state index in [1.165, 1.54) is 5.56 Å². The van der Waals surface area contributed by atoms with Crippen LogP contribution in [0.2, 0.25) is 0 Å². The van der Waals surface area contributed by atoms with Gasteiger partial charge >= 0.3 is 0 Å². The van der Waals surface area contributed by atoms with Crippen molar-refractivity contribution >= 4 is 17.0 Å². The zero-order valence-corrected chi connectivity index (χ0v) is 11.1. The molecule has 0 amide bonds. The lowest BCUT2D eigenvalue weighted by Crippen LogP contribution is -2.06. The minimum Gasteiger partial charge on any atom is -0.364 e. The number of anilines is 1. The Morgan fingerprint density at radius 3 is 2.95 bits per heavy atom. The molecule has 0 aliphatic heterocycles. The van der Waals surface area contributed by atoms with Gasteiger partial charge < -0.3 is 14.4 Å². The van der Waals surface area contributed by atoms with Crippen LogP contribution in [0, 0.1) is 6.92 Å². The first-order valence-electron chi connectivity index (χ1n) is 6.38. The topological polar surface area (TPSA) is 55.9 Å². The number of hydrogen-bond donors (Lipinski definition) is 1. The average molecular weight is 256 g/mol. The Morgan fingerprint density at radius 1 is 1.32 bits per heavy atom. The second-order valence-corrected chi connectivity index (χ2v) is 4.52. The van der Waals surface area contributed by atoms with E-state index < -0.39 is 0 Å². The third kappa shape index (κ3) is 2.19. The molecule has 3 rings (SSSR count). The molecule has 1 N–H and O–H groups in total. The fourth-order valence-corrected chi connectivity index (χ4v) is 2.19. The molecule has 98 valence electrons. The summed E-state index contributed by atoms with van der Waals surface area (Å²) in [6.45, 7) is 5.68. The Morgan fingerprint density at radius 2 is 2.21 bits per heavy atom. The molecule has 0 unspecified atom stereocenters. The van der Waals surface area contributed by atoms with Gasteiger partial charge in [-0.05, 0) is 31.5 Å². The highest BCUT2D eigenvalue weighted by Crippen LogP contribution is 2.21. The molecule has 0 saturated heterocycles. The fraction of sp³-hybridized carbons (Fsp3) is 0.286. The molecule has 0 spiro atoms. The minimum atomic E-state index is 0.610. The van der Waals surface area contributed by atoms with Crippen LogP contribution in [-0.4, -0.2) is 14.7 Å². The van der Waals surface area contributed by atoms with Crippen LogP contribution < -0.4 is 5.32 Å². The van der Waals surface area contributed by atoms with E-state index >= 15 is 0 Å². The van der Waals surface area contributed by atoms with Crippen LogP contribution >= 0.6 is 0 Å². The van der Waals surface area contributed by atoms with Gasteiger partial charge in [0.05, 0.1) is 17.6 Å². The summed E-state index contributed by atoms with van der Waals surface area (Å²) in [5.74, 6) is 0.867. The zero-order valence-electron chi connectivity index (χ0n) is 11.1. The first kappa shape index (κ1) is 11.8. The average Bonchev–Trinajstić information content (AvgIpc) is 3.02. The first-order chi connectivity index (χ1) is 9.28. The Bertz CT molecular complexity index is 685. The van der Waals surface area contributed by atoms with E-state index in [9.17, 15) is 0 Å². The summed E-state index contributed by atoms with van der Waals surface area (Å²) in [7, 11) is 0. The Kier molecular flexibility index (Phi) is 2.95. The quantitative estimate of drug-likeness (QED) is 0.779. The van der Waals surface area contributed by atoms with Gasteiger partial charge in [-0.1, -0.05) is 11.2 Å². The highest BCUT2D eigenvalue weighted by Gasteiger charge is 2.09. The lowest BCUT2D eigenvalue weighted by Gasteiger charge is -2.06. The highest BCUT2D eigenvalue weighted by molar-refractivity contribution is 5.79. The van der Waals surface area contributed by atoms with Crippen molar-refractivity contribution in [3.63, 3.8) is 0 Å². The number of aromatic nitrogens is 3. The van der Waals surface area contributed by atoms with Crippen molar-refractivity contribution in [3.8, 4) is 0 Å². The largest absolute Gasteiger partial charge is 0.364 e. The van der Waals surface area contributed by atoms with Gasteiger partial charge in [-0.3, -0.25) is 0 Å². The maximum atomic E-state index is 4.82. The van der Waals surface area contributed by atoms with E-state index in [1.807, 2.05) is 6.07 Å². The van der Waals surface area contributed by atoms with Gasteiger partial charge in [0.1, 0.15) is 12.0 Å². The van der Waals surface area contributed by atoms with E-state index in [1.54, 1.807) is 6.26 Å². The number of imidazole rings is 1. The maximum Gasteiger partial charge on any atom is 0.204 e. The highest BCUT2D eigenvalue weighted by atomic mass is 16.5. The second-order valence-electron chi connectivity index (χ2n) is 4.52. The molecular weight excluding hydrogens is 240 g/mol. The summed E-state index contributed by atoms with van der Waals surface area (Å²) < 4.78 is 6.98. The molecule has 0 radical (unpaired) electrons. The molecule has 2 heterocycles. The third-order valence-corrected chi connectivity index (χ3v) is 3.14. The molecule has 0 bridgehead atoms. The van der Waals surface area contributed by atoms with Crippen molar-refractivity contribution in [2.75, 3.05) is 5.32 Å². The third-order valence-electron chi connectivity index (χ3n) is 3.14. The Hall–Kier alpha value is -2.30. The predicted molar refractivity (Wildman–Crippen MR) is 74.0 cm³/mol. The molecular formula is C14H16N4O. The molecule has 0 aliphatic rings. The van der Waals surface area contributed by atoms with Gasteiger partial charge in [-0.15, -0.1) is 0 Å². The van der Waals surface area contributed by atoms with E-state index in [0.717, 1.165) is 29.2 Å². The van der Waals surface area contributed by atoms with Crippen molar-refractivity contribution in [2.45, 2.75) is 26.9 Å². The standard InChI is InChI=1S/C14H16N4O/c1-3-18-13-5-4-10(2)8-12(13)16-14(18)15-9-11-6-7-19-17-11/h4-8H,3,9H2,1-2H3,(H,15,16). The van der Waals surface area contributed by atoms with Gasteiger partial charge in [0.25, 0.3) is 0 Å². The number of aryl methyl sites for hydroxylation is 2. The number of fused-ring (bicyclic) bond motifs is 1. The van der Waals surface area contributed by atoms with Crippen molar-refractivity contribution < 1.29 is 4.52 Å². The van der Waals surface area contributed by atoms with Gasteiger partial charge in [0, 0.05) is 12.6 Å². The summed E-state index contributed by atoms with van der Waals surface area (Å²) in [6, 6.07) is 8.17. The van der Waals surface area contributed by atoms with Crippen molar-refractivity contribution in [1.29, 1.82) is 0 Å². The van der Waals surface area contributed by atoms with Gasteiger partial charge in [0.15, 0.2) is 0 Å². The molecule has 19 heavy (non-hydrogen) atoms. The number of hydrogen-bond acceptors (Lipinski definition) is 4. The van der Waals surface area contributed by atoms with Crippen LogP contribution in [0.3, 0.4) is 0 Å². The van der Waals surface area contributed by atoms with Crippen LogP contribution in [-0.2, 0) is 13.1 Å². The van der Waals surface area contributed by atoms with Crippen LogP contribution in [0.4, 0.5) is 5.95 Å². The van der Waals surface area contributed by atoms with E-state index in [4.69, 9.17) is 4.52 Å². The molecule has 3 aromatic rings. The molecule has 1 aromatic carbocycles. The Balaban J connectivity index is 1.93. The number of nitrogens with one attached hydrogen (secondary N) is 1. The normalized spacial score (nSPS) is 11.1. The number of rotatable bonds is 4. The maximum absolute atomic E-state index is 4.82. The van der Waals surface area contributed by atoms with Crippen LogP contribution in [0.1, 0.15) is 18.2 Å². The van der Waals surface area contributed by atoms with Gasteiger partial charge in [-0.2, -0.15) is 0 Å². The second kappa shape index (κ2) is 4.76. The smallest absolute Gasteiger partial charge is 0.204 e. The molecule has 0 atom stereocenters. The molecule has 2 aromatic heterocycles. The monoisotopic (exact) mass is 256 g/mol. The van der Waals surface area contributed by atoms with Crippen molar-refractivity contribution in [3.05, 3.63) is 41.8 Å². The summed E-state index contributed by atoms with van der Waals surface area (Å²) in [6.07, 6.45) is 1.57. The predicted octanol–water partition coefficient (Wildman–Crippen LogP) is 2.96. The molecule has 0 fully saturated rings. The van der Waals surface area contributed by atoms with Gasteiger partial charge in [-0.25, -0.2) is 4.98 Å². The zero-order chi connectivity index (χ0) is 13.2. The number of nitrogens with zero attached hydrogens (tertiary/aromatic N) is 3. The SMILES string of the molecule is CCn1c(NCc2ccon2)nc2cc(C)ccc21. The summed E-state index contributed by atoms with van der Waals surface area (Å²) in [4.78, 5) is 4.64. The van der Waals surface area contributed by atoms with Crippen LogP contribution in [0.15, 0.2) is 35.1 Å². The van der Waals surface area contributed by atoms with Crippen molar-refractivity contribution in [1.82, 2.24) is 14.7 Å². The number of benzene rings is 1. The van der Waals surface area contributed by atoms with Crippen molar-refractivity contribution in [2.24, 2.45) is 0 Å². The molecule has 0 aliphatic carbocycles. The van der Waals surface area contributed by atoms with Gasteiger partial charge in [0.2, 0.25) is 5.95 Å². The van der Waals surface area contributed by atoms with Crippen LogP contribution in [0.5, 0.6) is 0 Å². The molecule has 0 saturated carbocycles. The van der Waals surface area contributed by atoms with Crippen LogP contribution in [0.25, 0.3) is 11.0 Å².